The van der Waals surface area contributed by atoms with Gasteiger partial charge in [0.1, 0.15) is 5.65 Å². The predicted octanol–water partition coefficient (Wildman–Crippen LogP) is -0.566. The zero-order valence-electron chi connectivity index (χ0n) is 7.85. The lowest BCUT2D eigenvalue weighted by molar-refractivity contribution is 0.112. The Hall–Kier alpha value is -2.24. The number of pyridine rings is 1. The molecular weight excluding hydrogens is 198 g/mol. The molecule has 15 heavy (non-hydrogen) atoms. The largest absolute Gasteiger partial charge is 0.329 e. The zero-order chi connectivity index (χ0) is 11.0. The van der Waals surface area contributed by atoms with E-state index in [1.165, 1.54) is 19.3 Å². The van der Waals surface area contributed by atoms with Crippen LogP contribution in [0.3, 0.4) is 0 Å². The molecule has 0 unspecified atom stereocenters. The maximum atomic E-state index is 11.6. The van der Waals surface area contributed by atoms with Gasteiger partial charge in [0, 0.05) is 18.8 Å². The number of hydrogen-bond donors (Lipinski definition) is 1. The minimum atomic E-state index is -0.529. The number of aldehydes is 1. The first-order valence-corrected chi connectivity index (χ1v) is 4.17. The topological polar surface area (TPSA) is 84.8 Å². The summed E-state index contributed by atoms with van der Waals surface area (Å²) in [6.45, 7) is 0. The maximum absolute atomic E-state index is 11.6. The van der Waals surface area contributed by atoms with Gasteiger partial charge in [-0.15, -0.1) is 0 Å². The summed E-state index contributed by atoms with van der Waals surface area (Å²) in [5.74, 6) is 0. The molecule has 0 aliphatic heterocycles. The first-order valence-electron chi connectivity index (χ1n) is 4.17. The molecule has 6 heteroatoms. The molecule has 1 N–H and O–H groups in total. The molecule has 0 aromatic carbocycles. The Bertz CT molecular complexity index is 654. The number of carbonyl (C=O) groups excluding carboxylic acids is 1. The lowest BCUT2D eigenvalue weighted by Gasteiger charge is -1.99. The molecule has 2 heterocycles. The molecule has 0 aliphatic rings. The van der Waals surface area contributed by atoms with Gasteiger partial charge in [-0.25, -0.2) is 9.78 Å². The van der Waals surface area contributed by atoms with Crippen LogP contribution in [0.15, 0.2) is 21.9 Å². The Morgan fingerprint density at radius 2 is 2.20 bits per heavy atom. The molecule has 0 saturated carbocycles. The number of rotatable bonds is 1. The monoisotopic (exact) mass is 205 g/mol. The second-order valence-corrected chi connectivity index (χ2v) is 3.08. The Balaban J connectivity index is 3.00. The first-order chi connectivity index (χ1) is 7.13. The molecule has 0 aliphatic carbocycles. The van der Waals surface area contributed by atoms with Crippen molar-refractivity contribution in [1.29, 1.82) is 0 Å². The molecule has 2 aromatic rings. The van der Waals surface area contributed by atoms with Crippen molar-refractivity contribution in [1.82, 2.24) is 14.5 Å². The molecule has 6 nitrogen and oxygen atoms in total. The summed E-state index contributed by atoms with van der Waals surface area (Å²) >= 11 is 0. The Morgan fingerprint density at radius 1 is 1.47 bits per heavy atom. The molecule has 0 atom stereocenters. The molecule has 2 aromatic heterocycles. The molecular formula is C9H7N3O3. The Morgan fingerprint density at radius 3 is 2.87 bits per heavy atom. The summed E-state index contributed by atoms with van der Waals surface area (Å²) in [7, 11) is 1.36. The van der Waals surface area contributed by atoms with Crippen LogP contribution in [0.1, 0.15) is 10.4 Å². The summed E-state index contributed by atoms with van der Waals surface area (Å²) in [5.41, 5.74) is -0.510. The van der Waals surface area contributed by atoms with Gasteiger partial charge < -0.3 is 0 Å². The van der Waals surface area contributed by atoms with Crippen molar-refractivity contribution >= 4 is 17.3 Å². The van der Waals surface area contributed by atoms with Crippen LogP contribution in [-0.4, -0.2) is 20.8 Å². The minimum absolute atomic E-state index is 0.189. The van der Waals surface area contributed by atoms with Crippen molar-refractivity contribution in [3.8, 4) is 0 Å². The quantitative estimate of drug-likeness (QED) is 0.632. The molecule has 0 radical (unpaired) electrons. The van der Waals surface area contributed by atoms with Crippen LogP contribution in [0.25, 0.3) is 11.0 Å². The van der Waals surface area contributed by atoms with Gasteiger partial charge in [-0.1, -0.05) is 0 Å². The maximum Gasteiger partial charge on any atom is 0.329 e. The van der Waals surface area contributed by atoms with E-state index in [0.717, 1.165) is 4.57 Å². The van der Waals surface area contributed by atoms with Gasteiger partial charge in [0.25, 0.3) is 5.56 Å². The van der Waals surface area contributed by atoms with Crippen molar-refractivity contribution in [2.45, 2.75) is 0 Å². The highest BCUT2D eigenvalue weighted by Crippen LogP contribution is 2.02. The highest BCUT2D eigenvalue weighted by Gasteiger charge is 2.05. The van der Waals surface area contributed by atoms with Crippen molar-refractivity contribution in [3.63, 3.8) is 0 Å². The number of nitrogens with one attached hydrogen (secondary N) is 1. The van der Waals surface area contributed by atoms with Crippen LogP contribution < -0.4 is 11.2 Å². The van der Waals surface area contributed by atoms with Crippen molar-refractivity contribution in [2.24, 2.45) is 7.05 Å². The molecule has 0 fully saturated rings. The number of hydrogen-bond acceptors (Lipinski definition) is 4. The van der Waals surface area contributed by atoms with Gasteiger partial charge in [-0.05, 0) is 6.07 Å². The molecule has 76 valence electrons. The number of nitrogens with zero attached hydrogens (tertiary/aromatic N) is 2. The van der Waals surface area contributed by atoms with E-state index in [1.54, 1.807) is 0 Å². The standard InChI is InChI=1S/C9H7N3O3/c1-12-8(14)6-2-5(4-13)3-10-7(6)11-9(12)15/h2-4H,1H3,(H,10,11,15). The van der Waals surface area contributed by atoms with E-state index < -0.39 is 11.2 Å². The summed E-state index contributed by atoms with van der Waals surface area (Å²) in [5, 5.41) is 0.224. The predicted molar refractivity (Wildman–Crippen MR) is 53.0 cm³/mol. The van der Waals surface area contributed by atoms with Gasteiger partial charge in [0.15, 0.2) is 6.29 Å². The summed E-state index contributed by atoms with van der Waals surface area (Å²) in [4.78, 5) is 39.5. The van der Waals surface area contributed by atoms with Crippen molar-refractivity contribution in [2.75, 3.05) is 0 Å². The van der Waals surface area contributed by atoms with Gasteiger partial charge in [-0.2, -0.15) is 0 Å². The fourth-order valence-corrected chi connectivity index (χ4v) is 1.27. The average Bonchev–Trinajstić information content (AvgIpc) is 2.26. The van der Waals surface area contributed by atoms with Crippen molar-refractivity contribution < 1.29 is 4.79 Å². The lowest BCUT2D eigenvalue weighted by Crippen LogP contribution is -2.32. The third-order valence-electron chi connectivity index (χ3n) is 2.11. The average molecular weight is 205 g/mol. The smallest absolute Gasteiger partial charge is 0.298 e. The van der Waals surface area contributed by atoms with Gasteiger partial charge >= 0.3 is 5.69 Å². The second kappa shape index (κ2) is 3.16. The first kappa shape index (κ1) is 9.32. The van der Waals surface area contributed by atoms with E-state index in [-0.39, 0.29) is 11.0 Å². The van der Waals surface area contributed by atoms with Crippen LogP contribution in [0.2, 0.25) is 0 Å². The summed E-state index contributed by atoms with van der Waals surface area (Å²) in [6.07, 6.45) is 1.89. The molecule has 0 bridgehead atoms. The molecule has 0 spiro atoms. The summed E-state index contributed by atoms with van der Waals surface area (Å²) in [6, 6.07) is 1.40. The van der Waals surface area contributed by atoms with E-state index in [2.05, 4.69) is 9.97 Å². The van der Waals surface area contributed by atoms with Gasteiger partial charge in [0.05, 0.1) is 5.39 Å². The third-order valence-corrected chi connectivity index (χ3v) is 2.11. The van der Waals surface area contributed by atoms with E-state index in [1.807, 2.05) is 0 Å². The second-order valence-electron chi connectivity index (χ2n) is 3.08. The number of fused-ring (bicyclic) bond motifs is 1. The third kappa shape index (κ3) is 1.35. The molecule has 0 amide bonds. The van der Waals surface area contributed by atoms with Crippen LogP contribution in [0.4, 0.5) is 0 Å². The van der Waals surface area contributed by atoms with Crippen LogP contribution >= 0.6 is 0 Å². The van der Waals surface area contributed by atoms with Gasteiger partial charge in [-0.3, -0.25) is 19.1 Å². The Labute approximate surface area is 83.2 Å². The lowest BCUT2D eigenvalue weighted by atomic mass is 10.2. The van der Waals surface area contributed by atoms with Crippen molar-refractivity contribution in [3.05, 3.63) is 38.7 Å². The highest BCUT2D eigenvalue weighted by molar-refractivity contribution is 5.83. The van der Waals surface area contributed by atoms with Crippen LogP contribution in [-0.2, 0) is 7.05 Å². The van der Waals surface area contributed by atoms with Crippen LogP contribution in [0, 0.1) is 0 Å². The Kier molecular flexibility index (Phi) is 1.96. The fraction of sp³-hybridized carbons (Fsp3) is 0.111. The normalized spacial score (nSPS) is 10.5. The van der Waals surface area contributed by atoms with Crippen LogP contribution in [0.5, 0.6) is 0 Å². The van der Waals surface area contributed by atoms with E-state index >= 15 is 0 Å². The number of carbonyl (C=O) groups is 1. The molecule has 0 saturated heterocycles. The number of aromatic nitrogens is 3. The van der Waals surface area contributed by atoms with E-state index in [9.17, 15) is 14.4 Å². The van der Waals surface area contributed by atoms with E-state index in [4.69, 9.17) is 0 Å². The highest BCUT2D eigenvalue weighted by atomic mass is 16.2. The fourth-order valence-electron chi connectivity index (χ4n) is 1.27. The minimum Gasteiger partial charge on any atom is -0.298 e. The van der Waals surface area contributed by atoms with E-state index in [0.29, 0.717) is 11.8 Å². The SMILES string of the molecule is Cn1c(=O)[nH]c2ncc(C=O)cc2c1=O. The van der Waals surface area contributed by atoms with Gasteiger partial charge in [0.2, 0.25) is 0 Å². The summed E-state index contributed by atoms with van der Waals surface area (Å²) < 4.78 is 0.929. The number of H-pyrrole nitrogens is 1. The molecule has 2 rings (SSSR count). The number of aromatic amines is 1. The zero-order valence-corrected chi connectivity index (χ0v) is 7.85.